The minimum atomic E-state index is -3.08. The van der Waals surface area contributed by atoms with E-state index in [1.165, 1.54) is 16.7 Å². The molecule has 1 fully saturated rings. The fourth-order valence-electron chi connectivity index (χ4n) is 3.33. The van der Waals surface area contributed by atoms with E-state index in [9.17, 15) is 18.0 Å². The van der Waals surface area contributed by atoms with Crippen LogP contribution < -0.4 is 0 Å². The van der Waals surface area contributed by atoms with Crippen molar-refractivity contribution in [3.8, 4) is 0 Å². The molecule has 0 aliphatic carbocycles. The quantitative estimate of drug-likeness (QED) is 0.505. The molecule has 1 amide bonds. The van der Waals surface area contributed by atoms with Crippen LogP contribution in [0.1, 0.15) is 13.3 Å². The Hall–Kier alpha value is -2.06. The Morgan fingerprint density at radius 1 is 1.18 bits per heavy atom. The van der Waals surface area contributed by atoms with Crippen molar-refractivity contribution in [3.63, 3.8) is 0 Å². The highest BCUT2D eigenvalue weighted by molar-refractivity contribution is 8.00. The molecular weight excluding hydrogens is 398 g/mol. The first-order valence-electron chi connectivity index (χ1n) is 9.15. The van der Waals surface area contributed by atoms with Gasteiger partial charge >= 0.3 is 5.97 Å². The molecule has 2 aromatic rings. The van der Waals surface area contributed by atoms with Crippen LogP contribution in [0.15, 0.2) is 47.4 Å². The van der Waals surface area contributed by atoms with E-state index in [4.69, 9.17) is 4.74 Å². The number of hydrogen-bond acceptors (Lipinski definition) is 6. The summed E-state index contributed by atoms with van der Waals surface area (Å²) in [5, 5.41) is 2.23. The van der Waals surface area contributed by atoms with E-state index in [1.54, 1.807) is 6.92 Å². The van der Waals surface area contributed by atoms with Crippen molar-refractivity contribution in [2.45, 2.75) is 24.3 Å². The lowest BCUT2D eigenvalue weighted by atomic mass is 10.1. The maximum absolute atomic E-state index is 12.3. The smallest absolute Gasteiger partial charge is 0.316 e. The van der Waals surface area contributed by atoms with Crippen molar-refractivity contribution < 1.29 is 22.7 Å². The average molecular weight is 422 g/mol. The number of rotatable bonds is 7. The molecule has 0 spiro atoms. The predicted molar refractivity (Wildman–Crippen MR) is 110 cm³/mol. The van der Waals surface area contributed by atoms with Crippen LogP contribution >= 0.6 is 11.8 Å². The van der Waals surface area contributed by atoms with E-state index in [2.05, 4.69) is 0 Å². The monoisotopic (exact) mass is 421 g/mol. The summed E-state index contributed by atoms with van der Waals surface area (Å²) in [7, 11) is -3.08. The highest BCUT2D eigenvalue weighted by Gasteiger charge is 2.34. The molecule has 0 saturated carbocycles. The number of benzene rings is 2. The Kier molecular flexibility index (Phi) is 6.61. The molecule has 1 aliphatic rings. The fraction of sp³-hybridized carbons (Fsp3) is 0.400. The van der Waals surface area contributed by atoms with Crippen LogP contribution in [-0.2, 0) is 24.2 Å². The zero-order valence-electron chi connectivity index (χ0n) is 15.7. The van der Waals surface area contributed by atoms with Crippen molar-refractivity contribution >= 4 is 44.2 Å². The summed E-state index contributed by atoms with van der Waals surface area (Å²) in [4.78, 5) is 26.8. The minimum absolute atomic E-state index is 0.0155. The number of hydrogen-bond donors (Lipinski definition) is 0. The summed E-state index contributed by atoms with van der Waals surface area (Å²) >= 11 is 1.36. The Labute approximate surface area is 169 Å². The molecule has 0 bridgehead atoms. The lowest BCUT2D eigenvalue weighted by molar-refractivity contribution is -0.150. The van der Waals surface area contributed by atoms with Crippen LogP contribution in [0.2, 0.25) is 0 Å². The molecule has 1 aliphatic heterocycles. The van der Waals surface area contributed by atoms with E-state index in [-0.39, 0.29) is 35.8 Å². The van der Waals surface area contributed by atoms with Crippen LogP contribution in [0.3, 0.4) is 0 Å². The predicted octanol–water partition coefficient (Wildman–Crippen LogP) is 2.51. The van der Waals surface area contributed by atoms with E-state index in [1.807, 2.05) is 42.5 Å². The Morgan fingerprint density at radius 3 is 2.61 bits per heavy atom. The number of esters is 1. The van der Waals surface area contributed by atoms with Gasteiger partial charge in [-0.15, -0.1) is 11.8 Å². The van der Waals surface area contributed by atoms with E-state index < -0.39 is 15.8 Å². The third kappa shape index (κ3) is 5.26. The largest absolute Gasteiger partial charge is 0.455 e. The lowest BCUT2D eigenvalue weighted by Gasteiger charge is -2.26. The molecule has 6 nitrogen and oxygen atoms in total. The number of thioether (sulfide) groups is 1. The van der Waals surface area contributed by atoms with Gasteiger partial charge in [-0.05, 0) is 36.2 Å². The first-order valence-corrected chi connectivity index (χ1v) is 12.0. The highest BCUT2D eigenvalue weighted by atomic mass is 32.2. The molecule has 3 rings (SSSR count). The van der Waals surface area contributed by atoms with Gasteiger partial charge in [0.1, 0.15) is 0 Å². The third-order valence-corrected chi connectivity index (χ3v) is 7.46. The van der Waals surface area contributed by atoms with Crippen molar-refractivity contribution in [1.29, 1.82) is 0 Å². The van der Waals surface area contributed by atoms with Crippen molar-refractivity contribution in [1.82, 2.24) is 4.90 Å². The van der Waals surface area contributed by atoms with Gasteiger partial charge in [0.2, 0.25) is 0 Å². The topological polar surface area (TPSA) is 80.8 Å². The van der Waals surface area contributed by atoms with Crippen LogP contribution in [0, 0.1) is 0 Å². The molecule has 0 aromatic heterocycles. The molecule has 28 heavy (non-hydrogen) atoms. The number of sulfone groups is 1. The summed E-state index contributed by atoms with van der Waals surface area (Å²) in [6.45, 7) is 1.82. The number of amides is 1. The number of carbonyl (C=O) groups excluding carboxylic acids is 2. The molecule has 150 valence electrons. The first kappa shape index (κ1) is 20.7. The van der Waals surface area contributed by atoms with Crippen molar-refractivity contribution in [3.05, 3.63) is 42.5 Å². The van der Waals surface area contributed by atoms with Gasteiger partial charge in [-0.1, -0.05) is 30.3 Å². The SMILES string of the molecule is CCN(C(=O)COC(=O)CSc1ccc2ccccc2c1)[C@H]1CCS(=O)(=O)C1. The van der Waals surface area contributed by atoms with Gasteiger partial charge in [-0.2, -0.15) is 0 Å². The number of carbonyl (C=O) groups is 2. The van der Waals surface area contributed by atoms with E-state index in [0.717, 1.165) is 15.7 Å². The minimum Gasteiger partial charge on any atom is -0.455 e. The maximum Gasteiger partial charge on any atom is 0.316 e. The standard InChI is InChI=1S/C20H23NO5S2/c1-2-21(17-9-10-28(24,25)14-17)19(22)12-26-20(23)13-27-18-8-7-15-5-3-4-6-16(15)11-18/h3-8,11,17H,2,9-10,12-14H2,1H3/t17-/m0/s1. The average Bonchev–Trinajstić information content (AvgIpc) is 3.04. The summed E-state index contributed by atoms with van der Waals surface area (Å²) in [6.07, 6.45) is 0.438. The zero-order valence-corrected chi connectivity index (χ0v) is 17.3. The number of ether oxygens (including phenoxy) is 1. The second-order valence-corrected chi connectivity index (χ2v) is 9.97. The Balaban J connectivity index is 1.48. The summed E-state index contributed by atoms with van der Waals surface area (Å²) in [5.41, 5.74) is 0. The van der Waals surface area contributed by atoms with Crippen LogP contribution in [0.4, 0.5) is 0 Å². The first-order chi connectivity index (χ1) is 13.4. The molecule has 8 heteroatoms. The van der Waals surface area contributed by atoms with Gasteiger partial charge in [-0.3, -0.25) is 9.59 Å². The molecule has 1 saturated heterocycles. The Bertz CT molecular complexity index is 973. The Morgan fingerprint density at radius 2 is 1.93 bits per heavy atom. The van der Waals surface area contributed by atoms with Crippen LogP contribution in [0.5, 0.6) is 0 Å². The van der Waals surface area contributed by atoms with Gasteiger partial charge in [0.15, 0.2) is 16.4 Å². The molecule has 0 N–H and O–H groups in total. The van der Waals surface area contributed by atoms with Crippen molar-refractivity contribution in [2.24, 2.45) is 0 Å². The van der Waals surface area contributed by atoms with Gasteiger partial charge in [0.25, 0.3) is 5.91 Å². The van der Waals surface area contributed by atoms with E-state index >= 15 is 0 Å². The molecule has 0 radical (unpaired) electrons. The molecular formula is C20H23NO5S2. The van der Waals surface area contributed by atoms with Gasteiger partial charge in [0.05, 0.1) is 17.3 Å². The zero-order chi connectivity index (χ0) is 20.1. The second kappa shape index (κ2) is 8.96. The fourth-order valence-corrected chi connectivity index (χ4v) is 5.80. The highest BCUT2D eigenvalue weighted by Crippen LogP contribution is 2.23. The summed E-state index contributed by atoms with van der Waals surface area (Å²) in [5.74, 6) is -0.632. The lowest BCUT2D eigenvalue weighted by Crippen LogP contribution is -2.43. The number of fused-ring (bicyclic) bond motifs is 1. The molecule has 1 heterocycles. The van der Waals surface area contributed by atoms with Crippen LogP contribution in [0.25, 0.3) is 10.8 Å². The molecule has 2 aromatic carbocycles. The van der Waals surface area contributed by atoms with Gasteiger partial charge in [0, 0.05) is 17.5 Å². The van der Waals surface area contributed by atoms with Crippen molar-refractivity contribution in [2.75, 3.05) is 30.4 Å². The second-order valence-electron chi connectivity index (χ2n) is 6.69. The normalized spacial score (nSPS) is 18.1. The molecule has 1 atom stereocenters. The number of likely N-dealkylation sites (N-methyl/N-ethyl adjacent to an activating group) is 1. The summed E-state index contributed by atoms with van der Waals surface area (Å²) in [6, 6.07) is 13.6. The van der Waals surface area contributed by atoms with E-state index in [0.29, 0.717) is 13.0 Å². The number of nitrogens with zero attached hydrogens (tertiary/aromatic N) is 1. The summed E-state index contributed by atoms with van der Waals surface area (Å²) < 4.78 is 28.4. The maximum atomic E-state index is 12.3. The van der Waals surface area contributed by atoms with Gasteiger partial charge < -0.3 is 9.64 Å². The third-order valence-electron chi connectivity index (χ3n) is 4.74. The van der Waals surface area contributed by atoms with Crippen LogP contribution in [-0.4, -0.2) is 61.6 Å². The van der Waals surface area contributed by atoms with Gasteiger partial charge in [-0.25, -0.2) is 8.42 Å². The molecule has 0 unspecified atom stereocenters.